The van der Waals surface area contributed by atoms with Crippen LogP contribution in [0.3, 0.4) is 0 Å². The van der Waals surface area contributed by atoms with Gasteiger partial charge in [0.15, 0.2) is 11.5 Å². The molecular formula is C16H14FNO3. The van der Waals surface area contributed by atoms with Gasteiger partial charge in [-0.25, -0.2) is 4.39 Å². The van der Waals surface area contributed by atoms with Gasteiger partial charge < -0.3 is 14.2 Å². The Kier molecular flexibility index (Phi) is 4.62. The molecule has 0 unspecified atom stereocenters. The van der Waals surface area contributed by atoms with Crippen LogP contribution in [0.25, 0.3) is 0 Å². The molecule has 108 valence electrons. The monoisotopic (exact) mass is 287 g/mol. The van der Waals surface area contributed by atoms with Crippen LogP contribution in [0, 0.1) is 17.1 Å². The molecule has 2 aromatic carbocycles. The lowest BCUT2D eigenvalue weighted by Crippen LogP contribution is -2.00. The molecule has 0 fully saturated rings. The maximum absolute atomic E-state index is 13.3. The molecule has 0 saturated heterocycles. The first-order valence-electron chi connectivity index (χ1n) is 6.22. The molecule has 2 aromatic rings. The van der Waals surface area contributed by atoms with Gasteiger partial charge in [-0.05, 0) is 29.8 Å². The van der Waals surface area contributed by atoms with Crippen LogP contribution in [0.15, 0.2) is 36.4 Å². The summed E-state index contributed by atoms with van der Waals surface area (Å²) in [6.07, 6.45) is 0. The maximum atomic E-state index is 13.3. The number of para-hydroxylation sites is 1. The summed E-state index contributed by atoms with van der Waals surface area (Å²) < 4.78 is 29.4. The van der Waals surface area contributed by atoms with E-state index in [0.717, 1.165) is 0 Å². The molecule has 0 heterocycles. The lowest BCUT2D eigenvalue weighted by molar-refractivity contribution is 0.266. The number of rotatable bonds is 5. The van der Waals surface area contributed by atoms with Crippen LogP contribution in [0.5, 0.6) is 17.2 Å². The quantitative estimate of drug-likeness (QED) is 0.846. The van der Waals surface area contributed by atoms with Crippen molar-refractivity contribution in [3.63, 3.8) is 0 Å². The SMILES string of the molecule is COc1cccc(OC)c1OCc1ccc(F)c(C#N)c1. The van der Waals surface area contributed by atoms with Crippen LogP contribution >= 0.6 is 0 Å². The third-order valence-electron chi connectivity index (χ3n) is 2.92. The Morgan fingerprint density at radius 2 is 1.76 bits per heavy atom. The molecule has 21 heavy (non-hydrogen) atoms. The van der Waals surface area contributed by atoms with E-state index in [1.807, 2.05) is 0 Å². The molecule has 0 saturated carbocycles. The van der Waals surface area contributed by atoms with E-state index in [2.05, 4.69) is 0 Å². The van der Waals surface area contributed by atoms with Gasteiger partial charge >= 0.3 is 0 Å². The third kappa shape index (κ3) is 3.23. The number of ether oxygens (including phenoxy) is 3. The smallest absolute Gasteiger partial charge is 0.203 e. The first kappa shape index (κ1) is 14.7. The van der Waals surface area contributed by atoms with Crippen molar-refractivity contribution in [2.75, 3.05) is 14.2 Å². The van der Waals surface area contributed by atoms with Gasteiger partial charge in [0.1, 0.15) is 18.5 Å². The summed E-state index contributed by atoms with van der Waals surface area (Å²) in [5, 5.41) is 8.82. The minimum atomic E-state index is -0.545. The molecule has 0 aromatic heterocycles. The molecule has 0 atom stereocenters. The summed E-state index contributed by atoms with van der Waals surface area (Å²) in [7, 11) is 3.07. The largest absolute Gasteiger partial charge is 0.493 e. The topological polar surface area (TPSA) is 51.5 Å². The van der Waals surface area contributed by atoms with Crippen molar-refractivity contribution in [2.45, 2.75) is 6.61 Å². The van der Waals surface area contributed by atoms with Crippen LogP contribution in [0.1, 0.15) is 11.1 Å². The van der Waals surface area contributed by atoms with Gasteiger partial charge in [-0.1, -0.05) is 12.1 Å². The Balaban J connectivity index is 2.22. The van der Waals surface area contributed by atoms with E-state index in [1.54, 1.807) is 30.3 Å². The van der Waals surface area contributed by atoms with Crippen LogP contribution in [-0.4, -0.2) is 14.2 Å². The second-order valence-electron chi connectivity index (χ2n) is 4.21. The number of hydrogen-bond acceptors (Lipinski definition) is 4. The molecule has 0 aliphatic rings. The zero-order valence-corrected chi connectivity index (χ0v) is 11.7. The van der Waals surface area contributed by atoms with Gasteiger partial charge in [-0.15, -0.1) is 0 Å². The van der Waals surface area contributed by atoms with Crippen molar-refractivity contribution >= 4 is 0 Å². The molecule has 0 amide bonds. The highest BCUT2D eigenvalue weighted by Gasteiger charge is 2.12. The van der Waals surface area contributed by atoms with E-state index >= 15 is 0 Å². The van der Waals surface area contributed by atoms with E-state index in [0.29, 0.717) is 22.8 Å². The number of nitrogens with zero attached hydrogens (tertiary/aromatic N) is 1. The number of nitriles is 1. The van der Waals surface area contributed by atoms with Gasteiger partial charge in [-0.3, -0.25) is 0 Å². The Morgan fingerprint density at radius 1 is 1.10 bits per heavy atom. The standard InChI is InChI=1S/C16H14FNO3/c1-19-14-4-3-5-15(20-2)16(14)21-10-11-6-7-13(17)12(8-11)9-18/h3-8H,10H2,1-2H3. The maximum Gasteiger partial charge on any atom is 0.203 e. The zero-order chi connectivity index (χ0) is 15.2. The Hall–Kier alpha value is -2.74. The Bertz CT molecular complexity index is 657. The summed E-state index contributed by atoms with van der Waals surface area (Å²) in [4.78, 5) is 0. The molecule has 5 heteroatoms. The fraction of sp³-hybridized carbons (Fsp3) is 0.188. The van der Waals surface area contributed by atoms with Crippen molar-refractivity contribution in [3.8, 4) is 23.3 Å². The van der Waals surface area contributed by atoms with Crippen LogP contribution < -0.4 is 14.2 Å². The number of methoxy groups -OCH3 is 2. The van der Waals surface area contributed by atoms with E-state index < -0.39 is 5.82 Å². The van der Waals surface area contributed by atoms with Crippen molar-refractivity contribution in [3.05, 3.63) is 53.3 Å². The van der Waals surface area contributed by atoms with Crippen LogP contribution in [0.4, 0.5) is 4.39 Å². The first-order valence-corrected chi connectivity index (χ1v) is 6.22. The normalized spacial score (nSPS) is 9.81. The van der Waals surface area contributed by atoms with E-state index in [4.69, 9.17) is 19.5 Å². The second kappa shape index (κ2) is 6.62. The van der Waals surface area contributed by atoms with E-state index in [1.165, 1.54) is 26.4 Å². The molecule has 4 nitrogen and oxygen atoms in total. The minimum absolute atomic E-state index is 0.0110. The van der Waals surface area contributed by atoms with Gasteiger partial charge in [0.25, 0.3) is 0 Å². The fourth-order valence-electron chi connectivity index (χ4n) is 1.86. The van der Waals surface area contributed by atoms with Crippen molar-refractivity contribution in [1.82, 2.24) is 0 Å². The summed E-state index contributed by atoms with van der Waals surface area (Å²) in [6.45, 7) is 0.172. The van der Waals surface area contributed by atoms with Gasteiger partial charge in [-0.2, -0.15) is 5.26 Å². The molecular weight excluding hydrogens is 273 g/mol. The lowest BCUT2D eigenvalue weighted by atomic mass is 10.1. The summed E-state index contributed by atoms with van der Waals surface area (Å²) in [5.41, 5.74) is 0.670. The predicted octanol–water partition coefficient (Wildman–Crippen LogP) is 3.29. The number of hydrogen-bond donors (Lipinski definition) is 0. The van der Waals surface area contributed by atoms with E-state index in [-0.39, 0.29) is 12.2 Å². The molecule has 0 radical (unpaired) electrons. The molecule has 0 spiro atoms. The zero-order valence-electron chi connectivity index (χ0n) is 11.7. The number of halogens is 1. The third-order valence-corrected chi connectivity index (χ3v) is 2.92. The highest BCUT2D eigenvalue weighted by Crippen LogP contribution is 2.37. The molecule has 0 aliphatic carbocycles. The minimum Gasteiger partial charge on any atom is -0.493 e. The second-order valence-corrected chi connectivity index (χ2v) is 4.21. The van der Waals surface area contributed by atoms with E-state index in [9.17, 15) is 4.39 Å². The van der Waals surface area contributed by atoms with Gasteiger partial charge in [0.05, 0.1) is 19.8 Å². The first-order chi connectivity index (χ1) is 10.2. The van der Waals surface area contributed by atoms with Crippen molar-refractivity contribution in [1.29, 1.82) is 5.26 Å². The molecule has 0 aliphatic heterocycles. The predicted molar refractivity (Wildman–Crippen MR) is 75.0 cm³/mol. The summed E-state index contributed by atoms with van der Waals surface area (Å²) >= 11 is 0. The van der Waals surface area contributed by atoms with Gasteiger partial charge in [0.2, 0.25) is 5.75 Å². The van der Waals surface area contributed by atoms with Gasteiger partial charge in [0, 0.05) is 0 Å². The lowest BCUT2D eigenvalue weighted by Gasteiger charge is -2.14. The highest BCUT2D eigenvalue weighted by molar-refractivity contribution is 5.51. The number of benzene rings is 2. The average Bonchev–Trinajstić information content (AvgIpc) is 2.53. The molecule has 0 N–H and O–H groups in total. The molecule has 2 rings (SSSR count). The molecule has 0 bridgehead atoms. The Morgan fingerprint density at radius 3 is 2.33 bits per heavy atom. The highest BCUT2D eigenvalue weighted by atomic mass is 19.1. The van der Waals surface area contributed by atoms with Crippen LogP contribution in [0.2, 0.25) is 0 Å². The summed E-state index contributed by atoms with van der Waals surface area (Å²) in [5.74, 6) is 0.996. The summed E-state index contributed by atoms with van der Waals surface area (Å²) in [6, 6.07) is 11.4. The average molecular weight is 287 g/mol. The van der Waals surface area contributed by atoms with Crippen molar-refractivity contribution < 1.29 is 18.6 Å². The Labute approximate surface area is 122 Å². The van der Waals surface area contributed by atoms with Crippen molar-refractivity contribution in [2.24, 2.45) is 0 Å². The van der Waals surface area contributed by atoms with Crippen LogP contribution in [-0.2, 0) is 6.61 Å². The fourth-order valence-corrected chi connectivity index (χ4v) is 1.86.